The van der Waals surface area contributed by atoms with Gasteiger partial charge in [0.15, 0.2) is 0 Å². The van der Waals surface area contributed by atoms with Crippen LogP contribution in [0.5, 0.6) is 0 Å². The summed E-state index contributed by atoms with van der Waals surface area (Å²) in [7, 11) is 0. The van der Waals surface area contributed by atoms with E-state index < -0.39 is 0 Å². The molecule has 55 heavy (non-hydrogen) atoms. The predicted molar refractivity (Wildman–Crippen MR) is 235 cm³/mol. The van der Waals surface area contributed by atoms with Gasteiger partial charge in [0.05, 0.1) is 0 Å². The van der Waals surface area contributed by atoms with Crippen LogP contribution in [0.4, 0.5) is 17.1 Å². The van der Waals surface area contributed by atoms with Crippen molar-refractivity contribution in [3.63, 3.8) is 0 Å². The maximum Gasteiger partial charge on any atom is 0.143 e. The van der Waals surface area contributed by atoms with Crippen molar-refractivity contribution in [2.24, 2.45) is 0 Å². The Kier molecular flexibility index (Phi) is 7.39. The first-order valence-electron chi connectivity index (χ1n) is 18.7. The number of fused-ring (bicyclic) bond motifs is 7. The molecule has 0 spiro atoms. The smallest absolute Gasteiger partial charge is 0.143 e. The molecule has 2 heterocycles. The second-order valence-electron chi connectivity index (χ2n) is 14.1. The Balaban J connectivity index is 1.07. The van der Waals surface area contributed by atoms with E-state index >= 15 is 0 Å². The average molecular weight is 720 g/mol. The number of nitrogens with zero attached hydrogens (tertiary/aromatic N) is 1. The third-order valence-electron chi connectivity index (χ3n) is 10.9. The molecule has 0 radical (unpaired) electrons. The second kappa shape index (κ2) is 12.9. The first kappa shape index (κ1) is 31.6. The van der Waals surface area contributed by atoms with Crippen molar-refractivity contribution in [2.75, 3.05) is 4.90 Å². The normalized spacial score (nSPS) is 11.6. The Morgan fingerprint density at radius 1 is 0.382 bits per heavy atom. The summed E-state index contributed by atoms with van der Waals surface area (Å²) in [6, 6.07) is 71.9. The van der Waals surface area contributed by atoms with Crippen LogP contribution in [0.25, 0.3) is 86.3 Å². The molecule has 0 fully saturated rings. The van der Waals surface area contributed by atoms with E-state index in [1.165, 1.54) is 53.2 Å². The molecule has 2 aromatic heterocycles. The number of anilines is 3. The van der Waals surface area contributed by atoms with Crippen LogP contribution >= 0.6 is 11.3 Å². The molecule has 0 N–H and O–H groups in total. The SMILES string of the molecule is c1ccc(-c2ccc(N(c3ccc(-c4cccc5c4sc4ccccc45)cc3)c3ccc4c(c3)oc3c(-c5ccccc5)c5ccccc5cc34)cc2)cc1. The molecule has 11 rings (SSSR count). The Bertz CT molecular complexity index is 3180. The first-order valence-corrected chi connectivity index (χ1v) is 19.5. The lowest BCUT2D eigenvalue weighted by molar-refractivity contribution is 0.670. The van der Waals surface area contributed by atoms with Crippen LogP contribution < -0.4 is 4.90 Å². The largest absolute Gasteiger partial charge is 0.455 e. The van der Waals surface area contributed by atoms with Gasteiger partial charge in [-0.1, -0.05) is 146 Å². The molecule has 0 bridgehead atoms. The van der Waals surface area contributed by atoms with E-state index in [0.29, 0.717) is 0 Å². The number of thiophene rings is 1. The van der Waals surface area contributed by atoms with Gasteiger partial charge < -0.3 is 9.32 Å². The lowest BCUT2D eigenvalue weighted by atomic mass is 9.95. The van der Waals surface area contributed by atoms with Gasteiger partial charge in [-0.05, 0) is 87.1 Å². The highest BCUT2D eigenvalue weighted by atomic mass is 32.1. The van der Waals surface area contributed by atoms with Gasteiger partial charge in [-0.15, -0.1) is 11.3 Å². The number of hydrogen-bond donors (Lipinski definition) is 0. The Morgan fingerprint density at radius 2 is 0.982 bits per heavy atom. The van der Waals surface area contributed by atoms with Crippen molar-refractivity contribution in [1.29, 1.82) is 0 Å². The van der Waals surface area contributed by atoms with E-state index in [-0.39, 0.29) is 0 Å². The zero-order valence-electron chi connectivity index (χ0n) is 29.8. The molecule has 0 saturated heterocycles. The van der Waals surface area contributed by atoms with Gasteiger partial charge in [-0.2, -0.15) is 0 Å². The number of hydrogen-bond acceptors (Lipinski definition) is 3. The fraction of sp³-hybridized carbons (Fsp3) is 0. The van der Waals surface area contributed by atoms with Crippen LogP contribution in [0.3, 0.4) is 0 Å². The zero-order valence-corrected chi connectivity index (χ0v) is 30.6. The molecule has 0 aliphatic carbocycles. The third kappa shape index (κ3) is 5.32. The summed E-state index contributed by atoms with van der Waals surface area (Å²) in [5, 5.41) is 7.24. The van der Waals surface area contributed by atoms with E-state index in [0.717, 1.165) is 50.1 Å². The minimum Gasteiger partial charge on any atom is -0.455 e. The monoisotopic (exact) mass is 719 g/mol. The van der Waals surface area contributed by atoms with Crippen molar-refractivity contribution in [2.45, 2.75) is 0 Å². The van der Waals surface area contributed by atoms with E-state index in [9.17, 15) is 0 Å². The Hall–Kier alpha value is -6.94. The predicted octanol–water partition coefficient (Wildman–Crippen LogP) is 15.6. The fourth-order valence-electron chi connectivity index (χ4n) is 8.24. The average Bonchev–Trinajstić information content (AvgIpc) is 3.82. The van der Waals surface area contributed by atoms with Crippen LogP contribution in [-0.2, 0) is 0 Å². The zero-order chi connectivity index (χ0) is 36.3. The molecule has 11 aromatic rings. The molecule has 258 valence electrons. The van der Waals surface area contributed by atoms with Gasteiger partial charge in [0, 0.05) is 59.6 Å². The molecular weight excluding hydrogens is 687 g/mol. The molecular formula is C52H33NOS. The Labute approximate surface area is 322 Å². The highest BCUT2D eigenvalue weighted by Crippen LogP contribution is 2.45. The maximum atomic E-state index is 6.90. The molecule has 0 saturated carbocycles. The van der Waals surface area contributed by atoms with Crippen molar-refractivity contribution in [1.82, 2.24) is 0 Å². The van der Waals surface area contributed by atoms with Crippen molar-refractivity contribution in [3.8, 4) is 33.4 Å². The molecule has 0 aliphatic rings. The van der Waals surface area contributed by atoms with Gasteiger partial charge in [-0.25, -0.2) is 0 Å². The molecule has 0 atom stereocenters. The highest BCUT2D eigenvalue weighted by Gasteiger charge is 2.20. The molecule has 2 nitrogen and oxygen atoms in total. The van der Waals surface area contributed by atoms with Gasteiger partial charge >= 0.3 is 0 Å². The molecule has 9 aromatic carbocycles. The number of furan rings is 1. The Morgan fingerprint density at radius 3 is 1.75 bits per heavy atom. The van der Waals surface area contributed by atoms with Crippen LogP contribution in [0.1, 0.15) is 0 Å². The van der Waals surface area contributed by atoms with E-state index in [1.54, 1.807) is 0 Å². The van der Waals surface area contributed by atoms with Gasteiger partial charge in [0.2, 0.25) is 0 Å². The van der Waals surface area contributed by atoms with E-state index in [4.69, 9.17) is 4.42 Å². The molecule has 0 unspecified atom stereocenters. The number of rotatable bonds is 6. The summed E-state index contributed by atoms with van der Waals surface area (Å²) < 4.78 is 9.54. The van der Waals surface area contributed by atoms with E-state index in [1.807, 2.05) is 11.3 Å². The van der Waals surface area contributed by atoms with Crippen LogP contribution in [0, 0.1) is 0 Å². The van der Waals surface area contributed by atoms with Crippen LogP contribution in [-0.4, -0.2) is 0 Å². The van der Waals surface area contributed by atoms with E-state index in [2.05, 4.69) is 205 Å². The summed E-state index contributed by atoms with van der Waals surface area (Å²) in [5.74, 6) is 0. The summed E-state index contributed by atoms with van der Waals surface area (Å²) in [6.07, 6.45) is 0. The van der Waals surface area contributed by atoms with Gasteiger partial charge in [0.25, 0.3) is 0 Å². The molecule has 0 amide bonds. The molecule has 3 heteroatoms. The summed E-state index contributed by atoms with van der Waals surface area (Å²) in [5.41, 5.74) is 12.1. The number of benzene rings is 9. The van der Waals surface area contributed by atoms with Gasteiger partial charge in [0.1, 0.15) is 11.2 Å². The third-order valence-corrected chi connectivity index (χ3v) is 12.1. The molecule has 0 aliphatic heterocycles. The van der Waals surface area contributed by atoms with Crippen LogP contribution in [0.15, 0.2) is 205 Å². The lowest BCUT2D eigenvalue weighted by Crippen LogP contribution is -2.09. The quantitative estimate of drug-likeness (QED) is 0.170. The lowest BCUT2D eigenvalue weighted by Gasteiger charge is -2.26. The second-order valence-corrected chi connectivity index (χ2v) is 15.1. The van der Waals surface area contributed by atoms with Crippen molar-refractivity contribution >= 4 is 81.3 Å². The van der Waals surface area contributed by atoms with Gasteiger partial charge in [-0.3, -0.25) is 0 Å². The standard InChI is InChI=1S/C52H33NOS/c1-3-12-34(13-4-1)35-22-26-39(27-23-35)53(40-28-24-36(25-29-40)43-19-11-20-46-45-18-9-10-21-49(45)55-52(43)46)41-30-31-44-47-32-38-16-7-8-17-42(38)50(37-14-5-2-6-15-37)51(47)54-48(44)33-41/h1-33H. The minimum atomic E-state index is 0.860. The topological polar surface area (TPSA) is 16.4 Å². The van der Waals surface area contributed by atoms with Crippen molar-refractivity contribution in [3.05, 3.63) is 200 Å². The minimum absolute atomic E-state index is 0.860. The summed E-state index contributed by atoms with van der Waals surface area (Å²) >= 11 is 1.87. The first-order chi connectivity index (χ1) is 27.3. The van der Waals surface area contributed by atoms with Crippen LogP contribution in [0.2, 0.25) is 0 Å². The summed E-state index contributed by atoms with van der Waals surface area (Å²) in [4.78, 5) is 2.33. The summed E-state index contributed by atoms with van der Waals surface area (Å²) in [6.45, 7) is 0. The maximum absolute atomic E-state index is 6.90. The fourth-order valence-corrected chi connectivity index (χ4v) is 9.48. The van der Waals surface area contributed by atoms with Crippen molar-refractivity contribution < 1.29 is 4.42 Å². The highest BCUT2D eigenvalue weighted by molar-refractivity contribution is 7.26.